The molecule has 5 nitrogen and oxygen atoms in total. The molecule has 94 valence electrons. The van der Waals surface area contributed by atoms with Crippen LogP contribution in [0.25, 0.3) is 0 Å². The van der Waals surface area contributed by atoms with Gasteiger partial charge in [0.2, 0.25) is 0 Å². The second-order valence-corrected chi connectivity index (χ2v) is 5.32. The van der Waals surface area contributed by atoms with Crippen LogP contribution < -0.4 is 4.72 Å². The predicted octanol–water partition coefficient (Wildman–Crippen LogP) is 0.679. The maximum atomic E-state index is 12.0. The minimum absolute atomic E-state index is 0.103. The molecular weight excluding hydrogens is 251 g/mol. The monoisotopic (exact) mass is 261 g/mol. The Kier molecular flexibility index (Phi) is 3.48. The summed E-state index contributed by atoms with van der Waals surface area (Å²) in [6, 6.07) is -0.951. The van der Waals surface area contributed by atoms with Gasteiger partial charge in [0.25, 0.3) is 0 Å². The van der Waals surface area contributed by atoms with Crippen LogP contribution in [0.5, 0.6) is 0 Å². The highest BCUT2D eigenvalue weighted by Crippen LogP contribution is 2.29. The highest BCUT2D eigenvalue weighted by molar-refractivity contribution is 7.90. The number of carbonyl (C=O) groups is 1. The molecule has 0 aromatic rings. The predicted molar refractivity (Wildman–Crippen MR) is 46.9 cm³/mol. The Morgan fingerprint density at radius 1 is 1.31 bits per heavy atom. The van der Waals surface area contributed by atoms with Crippen molar-refractivity contribution in [2.24, 2.45) is 5.92 Å². The summed E-state index contributed by atoms with van der Waals surface area (Å²) < 4.78 is 58.8. The normalized spacial score (nSPS) is 26.9. The summed E-state index contributed by atoms with van der Waals surface area (Å²) in [6.07, 6.45) is 0.178. The van der Waals surface area contributed by atoms with Crippen LogP contribution in [0.15, 0.2) is 0 Å². The third-order valence-electron chi connectivity index (χ3n) is 2.41. The molecule has 1 rings (SSSR count). The van der Waals surface area contributed by atoms with Gasteiger partial charge >= 0.3 is 21.5 Å². The second kappa shape index (κ2) is 4.21. The highest BCUT2D eigenvalue weighted by atomic mass is 32.2. The molecule has 0 heterocycles. The van der Waals surface area contributed by atoms with Crippen molar-refractivity contribution < 1.29 is 31.5 Å². The summed E-state index contributed by atoms with van der Waals surface area (Å²) >= 11 is 0. The lowest BCUT2D eigenvalue weighted by Gasteiger charge is -2.14. The molecule has 1 aliphatic carbocycles. The van der Waals surface area contributed by atoms with Crippen molar-refractivity contribution in [3.8, 4) is 0 Å². The molecule has 0 aromatic heterocycles. The van der Waals surface area contributed by atoms with Crippen molar-refractivity contribution in [2.75, 3.05) is 0 Å². The zero-order chi connectivity index (χ0) is 12.6. The third-order valence-corrected chi connectivity index (χ3v) is 3.66. The van der Waals surface area contributed by atoms with Gasteiger partial charge in [-0.15, -0.1) is 0 Å². The Bertz CT molecular complexity index is 378. The summed E-state index contributed by atoms with van der Waals surface area (Å²) in [6.45, 7) is 0. The first-order chi connectivity index (χ1) is 7.13. The van der Waals surface area contributed by atoms with E-state index in [0.29, 0.717) is 0 Å². The zero-order valence-corrected chi connectivity index (χ0v) is 8.81. The molecular formula is C7H10F3NO4S. The summed E-state index contributed by atoms with van der Waals surface area (Å²) in [5.41, 5.74) is -5.35. The summed E-state index contributed by atoms with van der Waals surface area (Å²) in [5, 5.41) is 8.59. The summed E-state index contributed by atoms with van der Waals surface area (Å²) in [7, 11) is -5.37. The van der Waals surface area contributed by atoms with E-state index in [2.05, 4.69) is 0 Å². The summed E-state index contributed by atoms with van der Waals surface area (Å²) in [4.78, 5) is 10.5. The number of halogens is 3. The molecule has 16 heavy (non-hydrogen) atoms. The van der Waals surface area contributed by atoms with Gasteiger partial charge in [-0.2, -0.15) is 13.2 Å². The van der Waals surface area contributed by atoms with Gasteiger partial charge in [0.15, 0.2) is 0 Å². The molecule has 1 aliphatic rings. The van der Waals surface area contributed by atoms with Crippen LogP contribution in [0, 0.1) is 5.92 Å². The van der Waals surface area contributed by atoms with Gasteiger partial charge in [-0.1, -0.05) is 0 Å². The lowest BCUT2D eigenvalue weighted by Crippen LogP contribution is -2.41. The van der Waals surface area contributed by atoms with E-state index < -0.39 is 33.5 Å². The molecule has 1 fully saturated rings. The molecule has 0 spiro atoms. The molecule has 2 N–H and O–H groups in total. The van der Waals surface area contributed by atoms with Crippen LogP contribution in [0.2, 0.25) is 0 Å². The van der Waals surface area contributed by atoms with E-state index in [1.54, 1.807) is 0 Å². The van der Waals surface area contributed by atoms with Gasteiger partial charge in [-0.05, 0) is 19.3 Å². The summed E-state index contributed by atoms with van der Waals surface area (Å²) in [5.74, 6) is -1.89. The first kappa shape index (κ1) is 13.2. The van der Waals surface area contributed by atoms with E-state index >= 15 is 0 Å². The Balaban J connectivity index is 2.62. The number of sulfonamides is 1. The minimum atomic E-state index is -5.37. The largest absolute Gasteiger partial charge is 0.511 e. The van der Waals surface area contributed by atoms with Gasteiger partial charge in [-0.3, -0.25) is 4.79 Å². The maximum absolute atomic E-state index is 12.0. The molecule has 1 saturated carbocycles. The molecule has 0 aliphatic heterocycles. The Morgan fingerprint density at radius 3 is 2.25 bits per heavy atom. The van der Waals surface area contributed by atoms with Crippen LogP contribution in [0.1, 0.15) is 19.3 Å². The fourth-order valence-electron chi connectivity index (χ4n) is 1.60. The lowest BCUT2D eigenvalue weighted by atomic mass is 10.1. The number of carboxylic acids is 1. The number of aliphatic carboxylic acids is 1. The van der Waals surface area contributed by atoms with Gasteiger partial charge in [0.05, 0.1) is 5.92 Å². The van der Waals surface area contributed by atoms with Crippen molar-refractivity contribution >= 4 is 16.0 Å². The molecule has 0 aromatic carbocycles. The second-order valence-electron chi connectivity index (χ2n) is 3.61. The fraction of sp³-hybridized carbons (Fsp3) is 0.857. The average molecular weight is 261 g/mol. The van der Waals surface area contributed by atoms with Crippen LogP contribution in [0.4, 0.5) is 13.2 Å². The van der Waals surface area contributed by atoms with E-state index in [-0.39, 0.29) is 19.3 Å². The number of nitrogens with one attached hydrogen (secondary N) is 1. The topological polar surface area (TPSA) is 83.5 Å². The lowest BCUT2D eigenvalue weighted by molar-refractivity contribution is -0.141. The number of hydrogen-bond donors (Lipinski definition) is 2. The van der Waals surface area contributed by atoms with Crippen molar-refractivity contribution in [3.05, 3.63) is 0 Å². The average Bonchev–Trinajstić information content (AvgIpc) is 2.49. The molecule has 0 amide bonds. The van der Waals surface area contributed by atoms with E-state index in [4.69, 9.17) is 5.11 Å². The fourth-order valence-corrected chi connectivity index (χ4v) is 2.39. The van der Waals surface area contributed by atoms with Crippen molar-refractivity contribution in [1.29, 1.82) is 0 Å². The van der Waals surface area contributed by atoms with E-state index in [0.717, 1.165) is 0 Å². The Labute approximate surface area is 89.7 Å². The SMILES string of the molecule is O=C(O)[C@@H]1CC[C@H](NS(=O)(=O)C(F)(F)F)C1. The van der Waals surface area contributed by atoms with Gasteiger partial charge in [-0.25, -0.2) is 13.1 Å². The van der Waals surface area contributed by atoms with Gasteiger partial charge < -0.3 is 5.11 Å². The number of carboxylic acid groups (broad SMARTS) is 1. The minimum Gasteiger partial charge on any atom is -0.481 e. The molecule has 0 saturated heterocycles. The molecule has 0 unspecified atom stereocenters. The molecule has 9 heteroatoms. The first-order valence-electron chi connectivity index (χ1n) is 4.45. The van der Waals surface area contributed by atoms with E-state index in [1.807, 2.05) is 0 Å². The van der Waals surface area contributed by atoms with Crippen LogP contribution in [-0.4, -0.2) is 31.0 Å². The van der Waals surface area contributed by atoms with Crippen LogP contribution in [0.3, 0.4) is 0 Å². The number of alkyl halides is 3. The molecule has 0 bridgehead atoms. The van der Waals surface area contributed by atoms with Gasteiger partial charge in [0.1, 0.15) is 0 Å². The molecule has 0 radical (unpaired) electrons. The van der Waals surface area contributed by atoms with Crippen LogP contribution >= 0.6 is 0 Å². The number of hydrogen-bond acceptors (Lipinski definition) is 3. The van der Waals surface area contributed by atoms with Crippen molar-refractivity contribution in [3.63, 3.8) is 0 Å². The third kappa shape index (κ3) is 2.85. The van der Waals surface area contributed by atoms with Crippen molar-refractivity contribution in [2.45, 2.75) is 30.8 Å². The van der Waals surface area contributed by atoms with Crippen molar-refractivity contribution in [1.82, 2.24) is 4.72 Å². The smallest absolute Gasteiger partial charge is 0.481 e. The number of rotatable bonds is 3. The quantitative estimate of drug-likeness (QED) is 0.782. The standard InChI is InChI=1S/C7H10F3NO4S/c8-7(9,10)16(14,15)11-5-2-1-4(3-5)6(12)13/h4-5,11H,1-3H2,(H,12,13)/t4-,5+/m1/s1. The van der Waals surface area contributed by atoms with Crippen LogP contribution in [-0.2, 0) is 14.8 Å². The highest BCUT2D eigenvalue weighted by Gasteiger charge is 2.47. The first-order valence-corrected chi connectivity index (χ1v) is 5.93. The Morgan fingerprint density at radius 2 is 1.88 bits per heavy atom. The zero-order valence-electron chi connectivity index (χ0n) is 7.99. The maximum Gasteiger partial charge on any atom is 0.511 e. The Hall–Kier alpha value is -0.830. The van der Waals surface area contributed by atoms with E-state index in [1.165, 1.54) is 4.72 Å². The van der Waals surface area contributed by atoms with E-state index in [9.17, 15) is 26.4 Å². The molecule has 2 atom stereocenters. The van der Waals surface area contributed by atoms with Gasteiger partial charge in [0, 0.05) is 6.04 Å².